The molecule has 108 valence electrons. The number of amides is 1. The molecule has 0 saturated carbocycles. The minimum absolute atomic E-state index is 0.143. The van der Waals surface area contributed by atoms with Crippen LogP contribution < -0.4 is 10.2 Å². The average molecular weight is 323 g/mol. The van der Waals surface area contributed by atoms with Gasteiger partial charge in [-0.05, 0) is 34.9 Å². The number of benzene rings is 1. The van der Waals surface area contributed by atoms with Crippen LogP contribution in [-0.4, -0.2) is 27.7 Å². The summed E-state index contributed by atoms with van der Waals surface area (Å²) in [6, 6.07) is 9.03. The molecule has 0 spiro atoms. The van der Waals surface area contributed by atoms with Gasteiger partial charge in [-0.15, -0.1) is 16.4 Å². The lowest BCUT2D eigenvalue weighted by Crippen LogP contribution is -2.31. The van der Waals surface area contributed by atoms with Crippen LogP contribution in [0.3, 0.4) is 0 Å². The highest BCUT2D eigenvalue weighted by atomic mass is 35.5. The van der Waals surface area contributed by atoms with Crippen molar-refractivity contribution < 1.29 is 9.63 Å². The van der Waals surface area contributed by atoms with E-state index in [0.29, 0.717) is 22.6 Å². The van der Waals surface area contributed by atoms with Crippen molar-refractivity contribution in [1.82, 2.24) is 20.5 Å². The first-order chi connectivity index (χ1) is 10.2. The Morgan fingerprint density at radius 2 is 2.33 bits per heavy atom. The van der Waals surface area contributed by atoms with E-state index in [4.69, 9.17) is 16.4 Å². The summed E-state index contributed by atoms with van der Waals surface area (Å²) in [6.07, 6.45) is 0. The molecule has 0 bridgehead atoms. The molecular formula is C13H11ClN4O2S. The molecule has 3 aromatic rings. The van der Waals surface area contributed by atoms with Crippen LogP contribution in [0.25, 0.3) is 11.0 Å². The zero-order chi connectivity index (χ0) is 14.7. The number of nitrogens with zero attached hydrogens (tertiary/aromatic N) is 3. The van der Waals surface area contributed by atoms with Crippen LogP contribution in [0.4, 0.5) is 0 Å². The first kappa shape index (κ1) is 13.8. The van der Waals surface area contributed by atoms with Crippen molar-refractivity contribution in [1.29, 1.82) is 0 Å². The average Bonchev–Trinajstić information content (AvgIpc) is 3.12. The highest BCUT2D eigenvalue weighted by Gasteiger charge is 2.08. The van der Waals surface area contributed by atoms with Crippen LogP contribution in [0, 0.1) is 0 Å². The topological polar surface area (TPSA) is 69.0 Å². The van der Waals surface area contributed by atoms with Crippen molar-refractivity contribution in [2.24, 2.45) is 0 Å². The van der Waals surface area contributed by atoms with E-state index in [-0.39, 0.29) is 12.5 Å². The summed E-state index contributed by atoms with van der Waals surface area (Å²) < 4.78 is 0. The van der Waals surface area contributed by atoms with Gasteiger partial charge < -0.3 is 10.2 Å². The minimum atomic E-state index is -0.228. The first-order valence-corrected chi connectivity index (χ1v) is 7.41. The molecule has 0 saturated heterocycles. The molecule has 0 unspecified atom stereocenters. The third kappa shape index (κ3) is 3.32. The second-order valence-corrected chi connectivity index (χ2v) is 5.69. The van der Waals surface area contributed by atoms with Crippen molar-refractivity contribution >= 4 is 39.9 Å². The van der Waals surface area contributed by atoms with E-state index in [9.17, 15) is 4.79 Å². The van der Waals surface area contributed by atoms with Crippen LogP contribution in [0.5, 0.6) is 0 Å². The molecule has 2 aromatic heterocycles. The Bertz CT molecular complexity index is 757. The van der Waals surface area contributed by atoms with Crippen LogP contribution in [0.15, 0.2) is 35.7 Å². The Morgan fingerprint density at radius 1 is 1.43 bits per heavy atom. The number of hydrogen-bond donors (Lipinski definition) is 1. The first-order valence-electron chi connectivity index (χ1n) is 6.16. The predicted molar refractivity (Wildman–Crippen MR) is 80.2 cm³/mol. The number of thiophene rings is 1. The van der Waals surface area contributed by atoms with Gasteiger partial charge in [0.1, 0.15) is 11.0 Å². The zero-order valence-corrected chi connectivity index (χ0v) is 12.4. The quantitative estimate of drug-likeness (QED) is 0.779. The maximum absolute atomic E-state index is 11.7. The van der Waals surface area contributed by atoms with E-state index in [2.05, 4.69) is 15.6 Å². The summed E-state index contributed by atoms with van der Waals surface area (Å²) in [5.41, 5.74) is 1.27. The number of halogens is 1. The van der Waals surface area contributed by atoms with Gasteiger partial charge in [-0.25, -0.2) is 0 Å². The van der Waals surface area contributed by atoms with Crippen molar-refractivity contribution in [3.8, 4) is 0 Å². The van der Waals surface area contributed by atoms with E-state index < -0.39 is 0 Å². The molecule has 1 amide bonds. The Morgan fingerprint density at radius 3 is 3.14 bits per heavy atom. The van der Waals surface area contributed by atoms with Crippen LogP contribution in [0.2, 0.25) is 5.02 Å². The monoisotopic (exact) mass is 322 g/mol. The van der Waals surface area contributed by atoms with Gasteiger partial charge in [-0.1, -0.05) is 22.5 Å². The molecule has 0 atom stereocenters. The Kier molecular flexibility index (Phi) is 4.03. The predicted octanol–water partition coefficient (Wildman–Crippen LogP) is 1.89. The molecule has 6 nitrogen and oxygen atoms in total. The molecule has 0 fully saturated rings. The number of fused-ring (bicyclic) bond motifs is 1. The van der Waals surface area contributed by atoms with Gasteiger partial charge in [0.15, 0.2) is 6.61 Å². The summed E-state index contributed by atoms with van der Waals surface area (Å²) in [6.45, 7) is 0.347. The van der Waals surface area contributed by atoms with Crippen molar-refractivity contribution in [3.63, 3.8) is 0 Å². The maximum Gasteiger partial charge on any atom is 0.261 e. The van der Waals surface area contributed by atoms with E-state index in [1.54, 1.807) is 29.5 Å². The SMILES string of the molecule is O=C(COn1nnc2ccc(Cl)cc21)NCc1cccs1. The fourth-order valence-corrected chi connectivity index (χ4v) is 2.55. The smallest absolute Gasteiger partial charge is 0.261 e. The second kappa shape index (κ2) is 6.11. The zero-order valence-electron chi connectivity index (χ0n) is 10.8. The molecule has 8 heteroatoms. The van der Waals surface area contributed by atoms with Gasteiger partial charge in [-0.3, -0.25) is 4.79 Å². The molecule has 21 heavy (non-hydrogen) atoms. The van der Waals surface area contributed by atoms with E-state index >= 15 is 0 Å². The molecule has 1 N–H and O–H groups in total. The van der Waals surface area contributed by atoms with Crippen molar-refractivity contribution in [3.05, 3.63) is 45.6 Å². The van der Waals surface area contributed by atoms with Crippen LogP contribution in [0.1, 0.15) is 4.88 Å². The molecule has 0 aliphatic heterocycles. The fourth-order valence-electron chi connectivity index (χ4n) is 1.74. The van der Waals surface area contributed by atoms with E-state index in [1.165, 1.54) is 4.85 Å². The van der Waals surface area contributed by atoms with Gasteiger partial charge in [0.25, 0.3) is 5.91 Å². The molecule has 0 aliphatic carbocycles. The van der Waals surface area contributed by atoms with Crippen LogP contribution in [-0.2, 0) is 11.3 Å². The summed E-state index contributed by atoms with van der Waals surface area (Å²) >= 11 is 7.50. The molecule has 1 aromatic carbocycles. The second-order valence-electron chi connectivity index (χ2n) is 4.22. The fraction of sp³-hybridized carbons (Fsp3) is 0.154. The molecule has 0 aliphatic rings. The van der Waals surface area contributed by atoms with Crippen molar-refractivity contribution in [2.75, 3.05) is 6.61 Å². The van der Waals surface area contributed by atoms with Crippen molar-refractivity contribution in [2.45, 2.75) is 6.54 Å². The van der Waals surface area contributed by atoms with Gasteiger partial charge in [0.05, 0.1) is 6.54 Å². The lowest BCUT2D eigenvalue weighted by molar-refractivity contribution is -0.126. The standard InChI is InChI=1S/C13H11ClN4O2S/c14-9-3-4-11-12(6-9)18(17-16-11)20-8-13(19)15-7-10-2-1-5-21-10/h1-6H,7-8H2,(H,15,19). The summed E-state index contributed by atoms with van der Waals surface area (Å²) in [7, 11) is 0. The summed E-state index contributed by atoms with van der Waals surface area (Å²) in [4.78, 5) is 19.3. The summed E-state index contributed by atoms with van der Waals surface area (Å²) in [5.74, 6) is -0.228. The van der Waals surface area contributed by atoms with Crippen LogP contribution >= 0.6 is 22.9 Å². The highest BCUT2D eigenvalue weighted by Crippen LogP contribution is 2.16. The summed E-state index contributed by atoms with van der Waals surface area (Å²) in [5, 5.41) is 13.0. The number of carbonyl (C=O) groups is 1. The Hall–Kier alpha value is -2.12. The number of hydrogen-bond acceptors (Lipinski definition) is 5. The number of carbonyl (C=O) groups excluding carboxylic acids is 1. The third-order valence-corrected chi connectivity index (χ3v) is 3.85. The minimum Gasteiger partial charge on any atom is -0.385 e. The third-order valence-electron chi connectivity index (χ3n) is 2.74. The van der Waals surface area contributed by atoms with E-state index in [0.717, 1.165) is 4.88 Å². The Labute approximate surface area is 129 Å². The Balaban J connectivity index is 1.58. The lowest BCUT2D eigenvalue weighted by atomic mass is 10.3. The van der Waals surface area contributed by atoms with E-state index in [1.807, 2.05) is 17.5 Å². The largest absolute Gasteiger partial charge is 0.385 e. The normalized spacial score (nSPS) is 10.7. The van der Waals surface area contributed by atoms with Gasteiger partial charge in [0.2, 0.25) is 0 Å². The number of nitrogens with one attached hydrogen (secondary N) is 1. The lowest BCUT2D eigenvalue weighted by Gasteiger charge is -2.06. The van der Waals surface area contributed by atoms with Gasteiger partial charge in [-0.2, -0.15) is 0 Å². The number of rotatable bonds is 5. The molecule has 3 rings (SSSR count). The number of aromatic nitrogens is 3. The highest BCUT2D eigenvalue weighted by molar-refractivity contribution is 7.09. The maximum atomic E-state index is 11.7. The van der Waals surface area contributed by atoms with Gasteiger partial charge in [0, 0.05) is 9.90 Å². The molecule has 2 heterocycles. The van der Waals surface area contributed by atoms with Gasteiger partial charge >= 0.3 is 0 Å². The molecular weight excluding hydrogens is 312 g/mol. The molecule has 0 radical (unpaired) electrons.